The fraction of sp³-hybridized carbons (Fsp3) is 0.263. The molecule has 2 aromatic rings. The lowest BCUT2D eigenvalue weighted by atomic mass is 10.0. The van der Waals surface area contributed by atoms with E-state index in [-0.39, 0.29) is 6.42 Å². The Morgan fingerprint density at radius 3 is 2.46 bits per heavy atom. The number of hydrogen-bond donors (Lipinski definition) is 1. The molecule has 0 saturated carbocycles. The van der Waals surface area contributed by atoms with Crippen molar-refractivity contribution >= 4 is 39.4 Å². The standard InChI is InChI=1S/C19H19BrClNO4/c1-25-17(12-6-4-3-5-7-12)18(23)22-16(19(24)26-2)11-13-10-14(21)8-9-15(13)20/h3-10,16-17H,11H2,1-2H3,(H,22,23)/t16-,17+/m0/s1. The van der Waals surface area contributed by atoms with Gasteiger partial charge in [-0.2, -0.15) is 0 Å². The third-order valence-corrected chi connectivity index (χ3v) is 4.82. The average molecular weight is 441 g/mol. The van der Waals surface area contributed by atoms with E-state index < -0.39 is 24.0 Å². The Kier molecular flexibility index (Phi) is 7.63. The Balaban J connectivity index is 2.20. The predicted octanol–water partition coefficient (Wildman–Crippen LogP) is 3.69. The van der Waals surface area contributed by atoms with Gasteiger partial charge in [0.25, 0.3) is 5.91 Å². The van der Waals surface area contributed by atoms with E-state index in [0.717, 1.165) is 10.0 Å². The summed E-state index contributed by atoms with van der Waals surface area (Å²) in [4.78, 5) is 24.8. The van der Waals surface area contributed by atoms with Gasteiger partial charge in [-0.05, 0) is 29.3 Å². The van der Waals surface area contributed by atoms with E-state index in [2.05, 4.69) is 21.2 Å². The van der Waals surface area contributed by atoms with E-state index in [1.807, 2.05) is 18.2 Å². The van der Waals surface area contributed by atoms with Crippen LogP contribution in [0.5, 0.6) is 0 Å². The zero-order valence-electron chi connectivity index (χ0n) is 14.4. The first-order valence-electron chi connectivity index (χ1n) is 7.86. The first kappa shape index (κ1) is 20.4. The van der Waals surface area contributed by atoms with Crippen molar-refractivity contribution in [1.29, 1.82) is 0 Å². The summed E-state index contributed by atoms with van der Waals surface area (Å²) >= 11 is 9.46. The molecule has 0 spiro atoms. The Hall–Kier alpha value is -1.89. The maximum atomic E-state index is 12.7. The van der Waals surface area contributed by atoms with Gasteiger partial charge in [0.2, 0.25) is 0 Å². The van der Waals surface area contributed by atoms with Crippen LogP contribution >= 0.6 is 27.5 Å². The quantitative estimate of drug-likeness (QED) is 0.667. The number of benzene rings is 2. The highest BCUT2D eigenvalue weighted by Crippen LogP contribution is 2.23. The summed E-state index contributed by atoms with van der Waals surface area (Å²) < 4.78 is 10.9. The number of rotatable bonds is 7. The fourth-order valence-corrected chi connectivity index (χ4v) is 3.13. The molecule has 0 unspecified atom stereocenters. The molecule has 0 aliphatic rings. The van der Waals surface area contributed by atoms with Gasteiger partial charge in [0.1, 0.15) is 6.04 Å². The average Bonchev–Trinajstić information content (AvgIpc) is 2.65. The smallest absolute Gasteiger partial charge is 0.328 e. The van der Waals surface area contributed by atoms with Crippen molar-refractivity contribution < 1.29 is 19.1 Å². The molecule has 7 heteroatoms. The highest BCUT2D eigenvalue weighted by atomic mass is 79.9. The number of methoxy groups -OCH3 is 2. The molecule has 2 atom stereocenters. The van der Waals surface area contributed by atoms with Crippen molar-refractivity contribution in [2.75, 3.05) is 14.2 Å². The van der Waals surface area contributed by atoms with E-state index >= 15 is 0 Å². The first-order chi connectivity index (χ1) is 12.5. The Morgan fingerprint density at radius 2 is 1.85 bits per heavy atom. The molecule has 26 heavy (non-hydrogen) atoms. The van der Waals surface area contributed by atoms with Gasteiger partial charge in [0.05, 0.1) is 7.11 Å². The Bertz CT molecular complexity index is 769. The predicted molar refractivity (Wildman–Crippen MR) is 103 cm³/mol. The highest BCUT2D eigenvalue weighted by molar-refractivity contribution is 9.10. The van der Waals surface area contributed by atoms with Crippen molar-refractivity contribution in [1.82, 2.24) is 5.32 Å². The summed E-state index contributed by atoms with van der Waals surface area (Å²) in [6.07, 6.45) is -0.601. The van der Waals surface area contributed by atoms with Crippen LogP contribution in [0.15, 0.2) is 53.0 Å². The van der Waals surface area contributed by atoms with Gasteiger partial charge < -0.3 is 14.8 Å². The van der Waals surface area contributed by atoms with Crippen molar-refractivity contribution in [3.8, 4) is 0 Å². The zero-order valence-corrected chi connectivity index (χ0v) is 16.7. The van der Waals surface area contributed by atoms with Crippen LogP contribution in [0.2, 0.25) is 5.02 Å². The van der Waals surface area contributed by atoms with Crippen molar-refractivity contribution in [2.45, 2.75) is 18.6 Å². The van der Waals surface area contributed by atoms with E-state index in [4.69, 9.17) is 21.1 Å². The summed E-state index contributed by atoms with van der Waals surface area (Å²) in [6, 6.07) is 13.4. The number of carbonyl (C=O) groups is 2. The maximum Gasteiger partial charge on any atom is 0.328 e. The van der Waals surface area contributed by atoms with Crippen LogP contribution < -0.4 is 5.32 Å². The van der Waals surface area contributed by atoms with Gasteiger partial charge in [0.15, 0.2) is 6.10 Å². The molecule has 138 valence electrons. The lowest BCUT2D eigenvalue weighted by Gasteiger charge is -2.21. The molecule has 2 aromatic carbocycles. The molecule has 0 fully saturated rings. The minimum atomic E-state index is -0.872. The molecule has 5 nitrogen and oxygen atoms in total. The summed E-state index contributed by atoms with van der Waals surface area (Å²) in [5.74, 6) is -0.972. The van der Waals surface area contributed by atoms with E-state index in [1.165, 1.54) is 14.2 Å². The van der Waals surface area contributed by atoms with Crippen LogP contribution in [0.1, 0.15) is 17.2 Å². The van der Waals surface area contributed by atoms with Crippen LogP contribution in [-0.2, 0) is 25.5 Å². The lowest BCUT2D eigenvalue weighted by Crippen LogP contribution is -2.45. The summed E-state index contributed by atoms with van der Waals surface area (Å²) in [5.41, 5.74) is 1.47. The third-order valence-electron chi connectivity index (χ3n) is 3.81. The minimum absolute atomic E-state index is 0.227. The number of esters is 1. The van der Waals surface area contributed by atoms with Gasteiger partial charge in [-0.3, -0.25) is 4.79 Å². The molecule has 0 radical (unpaired) electrons. The highest BCUT2D eigenvalue weighted by Gasteiger charge is 2.28. The van der Waals surface area contributed by atoms with Gasteiger partial charge in [0, 0.05) is 23.0 Å². The molecular weight excluding hydrogens is 422 g/mol. The van der Waals surface area contributed by atoms with Crippen LogP contribution in [-0.4, -0.2) is 32.1 Å². The molecule has 0 heterocycles. The number of amides is 1. The van der Waals surface area contributed by atoms with Crippen molar-refractivity contribution in [3.05, 3.63) is 69.2 Å². The molecular formula is C19H19BrClNO4. The molecule has 0 aliphatic heterocycles. The minimum Gasteiger partial charge on any atom is -0.467 e. The van der Waals surface area contributed by atoms with Crippen molar-refractivity contribution in [3.63, 3.8) is 0 Å². The SMILES string of the molecule is COC(=O)[C@H](Cc1cc(Cl)ccc1Br)NC(=O)[C@H](OC)c1ccccc1. The molecule has 2 rings (SSSR count). The molecule has 0 aromatic heterocycles. The van der Waals surface area contributed by atoms with Crippen LogP contribution in [0.4, 0.5) is 0 Å². The molecule has 1 amide bonds. The second-order valence-corrected chi connectivity index (χ2v) is 6.84. The Labute approximate surface area is 165 Å². The summed E-state index contributed by atoms with van der Waals surface area (Å²) in [6.45, 7) is 0. The van der Waals surface area contributed by atoms with E-state index in [0.29, 0.717) is 10.6 Å². The normalized spacial score (nSPS) is 12.9. The lowest BCUT2D eigenvalue weighted by molar-refractivity contribution is -0.146. The number of ether oxygens (including phenoxy) is 2. The van der Waals surface area contributed by atoms with E-state index in [1.54, 1.807) is 30.3 Å². The first-order valence-corrected chi connectivity index (χ1v) is 9.03. The van der Waals surface area contributed by atoms with E-state index in [9.17, 15) is 9.59 Å². The molecule has 0 bridgehead atoms. The summed E-state index contributed by atoms with van der Waals surface area (Å²) in [5, 5.41) is 3.25. The second kappa shape index (κ2) is 9.71. The molecule has 1 N–H and O–H groups in total. The largest absolute Gasteiger partial charge is 0.467 e. The number of hydrogen-bond acceptors (Lipinski definition) is 4. The molecule has 0 aliphatic carbocycles. The number of halogens is 2. The van der Waals surface area contributed by atoms with Crippen LogP contribution in [0, 0.1) is 0 Å². The maximum absolute atomic E-state index is 12.7. The molecule has 0 saturated heterocycles. The second-order valence-electron chi connectivity index (χ2n) is 5.55. The van der Waals surface area contributed by atoms with Crippen LogP contribution in [0.25, 0.3) is 0 Å². The number of carbonyl (C=O) groups excluding carboxylic acids is 2. The van der Waals surface area contributed by atoms with Crippen molar-refractivity contribution in [2.24, 2.45) is 0 Å². The number of nitrogens with one attached hydrogen (secondary N) is 1. The fourth-order valence-electron chi connectivity index (χ4n) is 2.52. The summed E-state index contributed by atoms with van der Waals surface area (Å²) in [7, 11) is 2.72. The van der Waals surface area contributed by atoms with Gasteiger partial charge in [-0.25, -0.2) is 4.79 Å². The van der Waals surface area contributed by atoms with Crippen LogP contribution in [0.3, 0.4) is 0 Å². The Morgan fingerprint density at radius 1 is 1.15 bits per heavy atom. The monoisotopic (exact) mass is 439 g/mol. The van der Waals surface area contributed by atoms with Gasteiger partial charge >= 0.3 is 5.97 Å². The topological polar surface area (TPSA) is 64.6 Å². The third kappa shape index (κ3) is 5.30. The van der Waals surface area contributed by atoms with Gasteiger partial charge in [-0.1, -0.05) is 57.9 Å². The zero-order chi connectivity index (χ0) is 19.1. The van der Waals surface area contributed by atoms with Gasteiger partial charge in [-0.15, -0.1) is 0 Å².